The van der Waals surface area contributed by atoms with Gasteiger partial charge < -0.3 is 5.73 Å². The van der Waals surface area contributed by atoms with Crippen LogP contribution in [0.5, 0.6) is 0 Å². The van der Waals surface area contributed by atoms with Crippen molar-refractivity contribution >= 4 is 15.9 Å². The Morgan fingerprint density at radius 1 is 1.06 bits per heavy atom. The molecule has 0 aliphatic heterocycles. The molecule has 94 valence electrons. The average molecular weight is 312 g/mol. The normalized spacial score (nSPS) is 12.5. The quantitative estimate of drug-likeness (QED) is 0.888. The van der Waals surface area contributed by atoms with Crippen molar-refractivity contribution in [3.63, 3.8) is 0 Å². The third-order valence-electron chi connectivity index (χ3n) is 2.96. The summed E-state index contributed by atoms with van der Waals surface area (Å²) >= 11 is 3.40. The van der Waals surface area contributed by atoms with Crippen molar-refractivity contribution in [3.8, 4) is 0 Å². The molecule has 0 aliphatic carbocycles. The highest BCUT2D eigenvalue weighted by Crippen LogP contribution is 2.29. The van der Waals surface area contributed by atoms with Crippen molar-refractivity contribution in [2.24, 2.45) is 5.73 Å². The number of hydrogen-bond acceptors (Lipinski definition) is 1. The Morgan fingerprint density at radius 3 is 2.39 bits per heavy atom. The summed E-state index contributed by atoms with van der Waals surface area (Å²) in [6, 6.07) is 8.88. The Labute approximate surface area is 113 Å². The minimum atomic E-state index is -0.885. The van der Waals surface area contributed by atoms with Crippen LogP contribution in [0, 0.1) is 18.6 Å². The first-order valence-corrected chi connectivity index (χ1v) is 6.26. The topological polar surface area (TPSA) is 26.0 Å². The summed E-state index contributed by atoms with van der Waals surface area (Å²) in [5.74, 6) is -1.76. The largest absolute Gasteiger partial charge is 0.320 e. The molecule has 1 atom stereocenters. The molecule has 0 saturated carbocycles. The third-order valence-corrected chi connectivity index (χ3v) is 3.82. The van der Waals surface area contributed by atoms with Crippen LogP contribution in [0.15, 0.2) is 40.9 Å². The lowest BCUT2D eigenvalue weighted by Gasteiger charge is -2.17. The summed E-state index contributed by atoms with van der Waals surface area (Å²) < 4.78 is 27.8. The fourth-order valence-electron chi connectivity index (χ4n) is 1.89. The maximum Gasteiger partial charge on any atom is 0.163 e. The Balaban J connectivity index is 2.51. The smallest absolute Gasteiger partial charge is 0.163 e. The Kier molecular flexibility index (Phi) is 3.78. The van der Waals surface area contributed by atoms with Gasteiger partial charge in [0.25, 0.3) is 0 Å². The van der Waals surface area contributed by atoms with E-state index in [2.05, 4.69) is 15.9 Å². The summed E-state index contributed by atoms with van der Waals surface area (Å²) in [6.45, 7) is 1.89. The standard InChI is InChI=1S/C14H12BrF2N/c1-8-9(4-2-6-11(8)15)14(18)10-5-3-7-12(16)13(10)17/h2-7,14H,18H2,1H3. The van der Waals surface area contributed by atoms with Crippen LogP contribution in [-0.2, 0) is 0 Å². The Morgan fingerprint density at radius 2 is 1.67 bits per heavy atom. The lowest BCUT2D eigenvalue weighted by atomic mass is 9.95. The number of benzene rings is 2. The number of halogens is 3. The van der Waals surface area contributed by atoms with Gasteiger partial charge in [0.1, 0.15) is 0 Å². The molecule has 0 amide bonds. The molecule has 2 N–H and O–H groups in total. The van der Waals surface area contributed by atoms with E-state index in [1.165, 1.54) is 12.1 Å². The molecule has 2 aromatic rings. The summed E-state index contributed by atoms with van der Waals surface area (Å²) in [5.41, 5.74) is 7.89. The zero-order valence-corrected chi connectivity index (χ0v) is 11.3. The molecule has 0 fully saturated rings. The first-order chi connectivity index (χ1) is 8.52. The molecule has 0 saturated heterocycles. The SMILES string of the molecule is Cc1c(Br)cccc1C(N)c1cccc(F)c1F. The maximum absolute atomic E-state index is 13.7. The van der Waals surface area contributed by atoms with Gasteiger partial charge >= 0.3 is 0 Å². The van der Waals surface area contributed by atoms with E-state index >= 15 is 0 Å². The van der Waals surface area contributed by atoms with Crippen LogP contribution in [0.4, 0.5) is 8.78 Å². The second kappa shape index (κ2) is 5.16. The molecular formula is C14H12BrF2N. The zero-order chi connectivity index (χ0) is 13.3. The van der Waals surface area contributed by atoms with Gasteiger partial charge in [-0.25, -0.2) is 8.78 Å². The summed E-state index contributed by atoms with van der Waals surface area (Å²) in [6.07, 6.45) is 0. The van der Waals surface area contributed by atoms with Crippen LogP contribution in [0.3, 0.4) is 0 Å². The highest BCUT2D eigenvalue weighted by Gasteiger charge is 2.18. The lowest BCUT2D eigenvalue weighted by molar-refractivity contribution is 0.494. The second-order valence-electron chi connectivity index (χ2n) is 4.07. The van der Waals surface area contributed by atoms with Crippen LogP contribution < -0.4 is 5.73 Å². The van der Waals surface area contributed by atoms with Gasteiger partial charge in [-0.05, 0) is 30.2 Å². The Bertz CT molecular complexity index is 533. The van der Waals surface area contributed by atoms with E-state index in [0.717, 1.165) is 21.7 Å². The molecular weight excluding hydrogens is 300 g/mol. The minimum Gasteiger partial charge on any atom is -0.320 e. The molecule has 0 aromatic heterocycles. The number of rotatable bonds is 2. The van der Waals surface area contributed by atoms with Crippen molar-refractivity contribution in [3.05, 3.63) is 69.2 Å². The van der Waals surface area contributed by atoms with Crippen molar-refractivity contribution in [1.82, 2.24) is 0 Å². The molecule has 0 heterocycles. The van der Waals surface area contributed by atoms with Crippen LogP contribution in [0.2, 0.25) is 0 Å². The fraction of sp³-hybridized carbons (Fsp3) is 0.143. The average Bonchev–Trinajstić information content (AvgIpc) is 2.35. The van der Waals surface area contributed by atoms with E-state index in [-0.39, 0.29) is 5.56 Å². The van der Waals surface area contributed by atoms with Crippen molar-refractivity contribution in [2.45, 2.75) is 13.0 Å². The van der Waals surface area contributed by atoms with Gasteiger partial charge in [0.2, 0.25) is 0 Å². The number of nitrogens with two attached hydrogens (primary N) is 1. The lowest BCUT2D eigenvalue weighted by Crippen LogP contribution is -2.15. The second-order valence-corrected chi connectivity index (χ2v) is 4.93. The summed E-state index contributed by atoms with van der Waals surface area (Å²) in [7, 11) is 0. The molecule has 4 heteroatoms. The molecule has 0 bridgehead atoms. The van der Waals surface area contributed by atoms with E-state index < -0.39 is 17.7 Å². The van der Waals surface area contributed by atoms with Crippen LogP contribution in [0.1, 0.15) is 22.7 Å². The van der Waals surface area contributed by atoms with Crippen LogP contribution >= 0.6 is 15.9 Å². The van der Waals surface area contributed by atoms with E-state index in [1.807, 2.05) is 25.1 Å². The monoisotopic (exact) mass is 311 g/mol. The maximum atomic E-state index is 13.7. The van der Waals surface area contributed by atoms with Crippen LogP contribution in [-0.4, -0.2) is 0 Å². The first kappa shape index (κ1) is 13.2. The van der Waals surface area contributed by atoms with Gasteiger partial charge in [-0.1, -0.05) is 40.2 Å². The van der Waals surface area contributed by atoms with E-state index in [4.69, 9.17) is 5.73 Å². The molecule has 2 aromatic carbocycles. The van der Waals surface area contributed by atoms with E-state index in [0.29, 0.717) is 0 Å². The van der Waals surface area contributed by atoms with Gasteiger partial charge in [-0.2, -0.15) is 0 Å². The fourth-order valence-corrected chi connectivity index (χ4v) is 2.27. The summed E-state index contributed by atoms with van der Waals surface area (Å²) in [4.78, 5) is 0. The van der Waals surface area contributed by atoms with Gasteiger partial charge in [0.05, 0.1) is 6.04 Å². The van der Waals surface area contributed by atoms with Gasteiger partial charge in [-0.15, -0.1) is 0 Å². The van der Waals surface area contributed by atoms with Crippen LogP contribution in [0.25, 0.3) is 0 Å². The predicted octanol–water partition coefficient (Wildman–Crippen LogP) is 4.08. The predicted molar refractivity (Wildman–Crippen MR) is 71.3 cm³/mol. The van der Waals surface area contributed by atoms with Crippen molar-refractivity contribution in [1.29, 1.82) is 0 Å². The van der Waals surface area contributed by atoms with Gasteiger partial charge in [0, 0.05) is 10.0 Å². The molecule has 1 unspecified atom stereocenters. The highest BCUT2D eigenvalue weighted by molar-refractivity contribution is 9.10. The highest BCUT2D eigenvalue weighted by atomic mass is 79.9. The molecule has 18 heavy (non-hydrogen) atoms. The number of hydrogen-bond donors (Lipinski definition) is 1. The third kappa shape index (κ3) is 2.31. The zero-order valence-electron chi connectivity index (χ0n) is 9.75. The van der Waals surface area contributed by atoms with Crippen molar-refractivity contribution < 1.29 is 8.78 Å². The first-order valence-electron chi connectivity index (χ1n) is 5.47. The molecule has 0 aliphatic rings. The van der Waals surface area contributed by atoms with Crippen molar-refractivity contribution in [2.75, 3.05) is 0 Å². The minimum absolute atomic E-state index is 0.163. The Hall–Kier alpha value is -1.26. The summed E-state index contributed by atoms with van der Waals surface area (Å²) in [5, 5.41) is 0. The molecule has 0 radical (unpaired) electrons. The van der Waals surface area contributed by atoms with Gasteiger partial charge in [0.15, 0.2) is 11.6 Å². The molecule has 1 nitrogen and oxygen atoms in total. The molecule has 2 rings (SSSR count). The van der Waals surface area contributed by atoms with E-state index in [9.17, 15) is 8.78 Å². The molecule has 0 spiro atoms. The van der Waals surface area contributed by atoms with Gasteiger partial charge in [-0.3, -0.25) is 0 Å². The van der Waals surface area contributed by atoms with E-state index in [1.54, 1.807) is 0 Å².